The molecule has 0 aliphatic heterocycles. The van der Waals surface area contributed by atoms with Gasteiger partial charge in [-0.25, -0.2) is 0 Å². The highest BCUT2D eigenvalue weighted by Gasteiger charge is 1.80. The maximum absolute atomic E-state index is 10.3. The van der Waals surface area contributed by atoms with Crippen molar-refractivity contribution in [1.82, 2.24) is 0 Å². The van der Waals surface area contributed by atoms with Gasteiger partial charge < -0.3 is 5.11 Å². The van der Waals surface area contributed by atoms with Gasteiger partial charge in [0.1, 0.15) is 0 Å². The molecule has 2 heteroatoms. The summed E-state index contributed by atoms with van der Waals surface area (Å²) in [6.45, 7) is -3.09. The first kappa shape index (κ1) is 0.600. The van der Waals surface area contributed by atoms with Crippen LogP contribution in [0.2, 0.25) is 0 Å². The quantitative estimate of drug-likeness (QED) is 0.497. The fraction of sp³-hybridized carbons (Fsp3) is 0.667. The van der Waals surface area contributed by atoms with Crippen LogP contribution in [-0.4, -0.2) is 11.1 Å². The average Bonchev–Trinajstić information content (AvgIpc) is 1.83. The average molecular weight is 80.1 g/mol. The van der Waals surface area contributed by atoms with Crippen molar-refractivity contribution in [3.63, 3.8) is 0 Å². The molecule has 0 aromatic carbocycles. The fourth-order valence-corrected chi connectivity index (χ4v) is 0. The second-order valence-corrected chi connectivity index (χ2v) is 0.412. The van der Waals surface area contributed by atoms with Gasteiger partial charge in [-0.05, 0) is 0 Å². The van der Waals surface area contributed by atoms with Gasteiger partial charge in [-0.3, -0.25) is 4.79 Å². The van der Waals surface area contributed by atoms with Crippen LogP contribution in [0, 0.1) is 0 Å². The number of aliphatic carboxylic acids is 1. The van der Waals surface area contributed by atoms with Crippen LogP contribution in [0.25, 0.3) is 1.43 Å². The van der Waals surface area contributed by atoms with Crippen LogP contribution < -0.4 is 0 Å². The Morgan fingerprint density at radius 2 is 3.60 bits per heavy atom. The second kappa shape index (κ2) is 1.76. The van der Waals surface area contributed by atoms with E-state index >= 15 is 0 Å². The summed E-state index contributed by atoms with van der Waals surface area (Å²) in [6.07, 6.45) is -3.10. The number of carbonyl (C=O) groups is 1. The van der Waals surface area contributed by atoms with Crippen LogP contribution >= 0.6 is 0 Å². The molecule has 5 heavy (non-hydrogen) atoms. The number of hydrogen-bond acceptors (Lipinski definition) is 2. The van der Waals surface area contributed by atoms with Gasteiger partial charge in [0.25, 0.3) is 1.43 Å². The lowest BCUT2D eigenvalue weighted by molar-refractivity contribution is -0.136. The lowest BCUT2D eigenvalue weighted by Crippen LogP contribution is -1.86. The highest BCUT2D eigenvalue weighted by Crippen LogP contribution is 1.67. The molecule has 0 rings (SSSR count). The van der Waals surface area contributed by atoms with Gasteiger partial charge in [0.05, 0.1) is 0 Å². The van der Waals surface area contributed by atoms with E-state index in [1.165, 1.54) is 0 Å². The van der Waals surface area contributed by atoms with E-state index in [4.69, 9.17) is 8.28 Å². The first-order valence-electron chi connectivity index (χ1n) is 3.82. The summed E-state index contributed by atoms with van der Waals surface area (Å²) >= 11 is 0. The van der Waals surface area contributed by atoms with Crippen LogP contribution in [0.3, 0.4) is 0 Å². The predicted octanol–water partition coefficient (Wildman–Crippen LogP) is 0.481. The standard InChI is InChI=1S/C3H6O2/c1-2-3(4)5/h2H2,1H3,(H,4,5)/i1D3,2D2/hD. The van der Waals surface area contributed by atoms with Crippen LogP contribution in [-0.2, 0) is 4.79 Å². The maximum Gasteiger partial charge on any atom is 0.303 e. The number of carboxylic acid groups (broad SMARTS) is 1. The first-order chi connectivity index (χ1) is 4.73. The summed E-state index contributed by atoms with van der Waals surface area (Å²) in [5.74, 6) is -1.71. The molecule has 0 aromatic rings. The molecule has 0 heterocycles. The molecule has 0 bridgehead atoms. The minimum atomic E-state index is -3.10. The molecular formula is C3H6O2. The van der Waals surface area contributed by atoms with E-state index in [0.717, 1.165) is 0 Å². The molecule has 0 spiro atoms. The molecule has 30 valence electrons. The number of carboxylic acids is 1. The van der Waals surface area contributed by atoms with Gasteiger partial charge in [-0.2, -0.15) is 0 Å². The Balaban J connectivity index is 4.59. The summed E-state index contributed by atoms with van der Waals surface area (Å²) in [5.41, 5.74) is 0. The van der Waals surface area contributed by atoms with Crippen molar-refractivity contribution in [3.05, 3.63) is 0 Å². The third-order valence-electron chi connectivity index (χ3n) is 0.102. The van der Waals surface area contributed by atoms with Crippen LogP contribution in [0.5, 0.6) is 0 Å². The molecule has 0 aromatic heterocycles. The molecule has 1 N–H and O–H groups in total. The Hall–Kier alpha value is -0.530. The van der Waals surface area contributed by atoms with Crippen LogP contribution in [0.1, 0.15) is 20.1 Å². The van der Waals surface area contributed by atoms with Gasteiger partial charge in [0.15, 0.2) is 0 Å². The third-order valence-corrected chi connectivity index (χ3v) is 0.102. The van der Waals surface area contributed by atoms with Crippen molar-refractivity contribution < 1.29 is 16.8 Å². The second-order valence-electron chi connectivity index (χ2n) is 0.412. The van der Waals surface area contributed by atoms with Crippen molar-refractivity contribution in [2.24, 2.45) is 0 Å². The summed E-state index contributed by atoms with van der Waals surface area (Å²) in [5, 5.41) is 3.22. The summed E-state index contributed by atoms with van der Waals surface area (Å²) in [7, 11) is 0. The van der Waals surface area contributed by atoms with Gasteiger partial charge >= 0.3 is 5.97 Å². The fourth-order valence-electron chi connectivity index (χ4n) is 0. The normalized spacial score (nSPS) is 29.6. The van der Waals surface area contributed by atoms with Crippen molar-refractivity contribution in [2.45, 2.75) is 13.2 Å². The van der Waals surface area contributed by atoms with Gasteiger partial charge in [-0.1, -0.05) is 6.85 Å². The lowest BCUT2D eigenvalue weighted by atomic mass is 10.5. The van der Waals surface area contributed by atoms with Crippen LogP contribution in [0.4, 0.5) is 0 Å². The molecule has 0 atom stereocenters. The molecule has 0 saturated heterocycles. The Bertz CT molecular complexity index is 160. The third kappa shape index (κ3) is 3.47. The molecular weight excluding hydrogens is 68.0 g/mol. The summed E-state index contributed by atoms with van der Waals surface area (Å²) in [4.78, 5) is 10.3. The zero-order valence-corrected chi connectivity index (χ0v) is 2.32. The van der Waals surface area contributed by atoms with Crippen molar-refractivity contribution >= 4 is 5.97 Å². The molecule has 0 saturated carbocycles. The van der Waals surface area contributed by atoms with Crippen molar-refractivity contribution in [3.8, 4) is 0 Å². The van der Waals surface area contributed by atoms with E-state index in [-0.39, 0.29) is 0 Å². The molecule has 0 radical (unpaired) electrons. The SMILES string of the molecule is [2H]OC(=O)C([2H])([2H])C([2H])([2H])[2H]. The predicted molar refractivity (Wildman–Crippen MR) is 17.9 cm³/mol. The van der Waals surface area contributed by atoms with Crippen LogP contribution in [0.15, 0.2) is 0 Å². The first-order valence-corrected chi connectivity index (χ1v) is 0.908. The highest BCUT2D eigenvalue weighted by molar-refractivity contribution is 5.66. The maximum atomic E-state index is 10.3. The van der Waals surface area contributed by atoms with Gasteiger partial charge in [0.2, 0.25) is 0 Å². The summed E-state index contributed by atoms with van der Waals surface area (Å²) in [6, 6.07) is 0. The molecule has 0 unspecified atom stereocenters. The lowest BCUT2D eigenvalue weighted by Gasteiger charge is -1.71. The molecule has 0 aliphatic rings. The molecule has 0 fully saturated rings. The van der Waals surface area contributed by atoms with Gasteiger partial charge in [-0.15, -0.1) is 0 Å². The topological polar surface area (TPSA) is 37.3 Å². The smallest absolute Gasteiger partial charge is 0.303 e. The Kier molecular flexibility index (Phi) is 0.211. The molecule has 2 nitrogen and oxygen atoms in total. The molecule has 0 aliphatic carbocycles. The minimum absolute atomic E-state index is 1.71. The zero-order valence-electron chi connectivity index (χ0n) is 8.32. The monoisotopic (exact) mass is 80.1 g/mol. The van der Waals surface area contributed by atoms with Crippen molar-refractivity contribution in [2.75, 3.05) is 0 Å². The van der Waals surface area contributed by atoms with E-state index in [1.54, 1.807) is 0 Å². The van der Waals surface area contributed by atoms with E-state index in [9.17, 15) is 4.79 Å². The van der Waals surface area contributed by atoms with Gasteiger partial charge in [0, 0.05) is 13.2 Å². The van der Waals surface area contributed by atoms with E-state index in [0.29, 0.717) is 0 Å². The van der Waals surface area contributed by atoms with E-state index in [2.05, 4.69) is 5.11 Å². The zero-order chi connectivity index (χ0) is 9.28. The Labute approximate surface area is 38.9 Å². The Morgan fingerprint density at radius 1 is 2.80 bits per heavy atom. The van der Waals surface area contributed by atoms with E-state index < -0.39 is 19.2 Å². The Morgan fingerprint density at radius 3 is 3.80 bits per heavy atom. The highest BCUT2D eigenvalue weighted by atomic mass is 16.4. The molecule has 0 amide bonds. The minimum Gasteiger partial charge on any atom is -0.481 e. The largest absolute Gasteiger partial charge is 0.481 e. The van der Waals surface area contributed by atoms with Crippen molar-refractivity contribution in [1.29, 1.82) is 1.43 Å². The van der Waals surface area contributed by atoms with E-state index in [1.807, 2.05) is 0 Å². The number of hydrogen-bond donors (Lipinski definition) is 1. The summed E-state index contributed by atoms with van der Waals surface area (Å²) < 4.78 is 39.0. The number of rotatable bonds is 1.